The Kier molecular flexibility index (Phi) is 4.60. The van der Waals surface area contributed by atoms with Gasteiger partial charge in [-0.15, -0.1) is 0 Å². The topological polar surface area (TPSA) is 99.5 Å². The van der Waals surface area contributed by atoms with Crippen LogP contribution >= 0.6 is 11.6 Å². The molecular formula is C23H17ClN4O3. The summed E-state index contributed by atoms with van der Waals surface area (Å²) >= 11 is 6.03. The van der Waals surface area contributed by atoms with Gasteiger partial charge in [-0.25, -0.2) is 9.36 Å². The SMILES string of the molecule is O=c1[nH]c(=O)n(-c2cccc(Cl)c2)c(O)c1C1=NN[C@H](c2cccc3ccccc23)C1. The van der Waals surface area contributed by atoms with Crippen molar-refractivity contribution in [3.05, 3.63) is 104 Å². The summed E-state index contributed by atoms with van der Waals surface area (Å²) in [6, 6.07) is 20.3. The molecule has 1 aliphatic heterocycles. The van der Waals surface area contributed by atoms with Gasteiger partial charge in [0.1, 0.15) is 5.56 Å². The molecule has 0 unspecified atom stereocenters. The summed E-state index contributed by atoms with van der Waals surface area (Å²) in [4.78, 5) is 27.3. The van der Waals surface area contributed by atoms with Gasteiger partial charge in [-0.05, 0) is 34.5 Å². The summed E-state index contributed by atoms with van der Waals surface area (Å²) in [5.74, 6) is -0.477. The van der Waals surface area contributed by atoms with E-state index in [1.807, 2.05) is 42.5 Å². The summed E-state index contributed by atoms with van der Waals surface area (Å²) in [6.07, 6.45) is 0.373. The van der Waals surface area contributed by atoms with Crippen molar-refractivity contribution >= 4 is 28.1 Å². The highest BCUT2D eigenvalue weighted by atomic mass is 35.5. The van der Waals surface area contributed by atoms with Gasteiger partial charge in [0, 0.05) is 11.4 Å². The second-order valence-corrected chi connectivity index (χ2v) is 7.72. The maximum Gasteiger partial charge on any atom is 0.335 e. The van der Waals surface area contributed by atoms with E-state index in [9.17, 15) is 14.7 Å². The Morgan fingerprint density at radius 2 is 1.81 bits per heavy atom. The molecule has 4 aromatic rings. The van der Waals surface area contributed by atoms with E-state index in [2.05, 4.69) is 15.5 Å². The lowest BCUT2D eigenvalue weighted by molar-refractivity contribution is 0.429. The molecule has 3 N–H and O–H groups in total. The second-order valence-electron chi connectivity index (χ2n) is 7.29. The first-order chi connectivity index (χ1) is 15.0. The van der Waals surface area contributed by atoms with E-state index in [1.165, 1.54) is 6.07 Å². The first kappa shape index (κ1) is 19.1. The Morgan fingerprint density at radius 1 is 1.03 bits per heavy atom. The molecule has 0 bridgehead atoms. The van der Waals surface area contributed by atoms with Gasteiger partial charge >= 0.3 is 5.69 Å². The molecule has 0 aliphatic carbocycles. The summed E-state index contributed by atoms with van der Waals surface area (Å²) in [5.41, 5.74) is 3.31. The summed E-state index contributed by atoms with van der Waals surface area (Å²) in [6.45, 7) is 0. The Bertz CT molecular complexity index is 1470. The number of fused-ring (bicyclic) bond motifs is 1. The minimum absolute atomic E-state index is 0.0465. The second kappa shape index (κ2) is 7.45. The zero-order valence-corrected chi connectivity index (χ0v) is 16.9. The fraction of sp³-hybridized carbons (Fsp3) is 0.0870. The predicted molar refractivity (Wildman–Crippen MR) is 120 cm³/mol. The standard InChI is InChI=1S/C23H17ClN4O3/c24-14-7-4-8-15(11-14)28-22(30)20(21(29)25-23(28)31)19-12-18(26-27-19)17-10-3-6-13-5-1-2-9-16(13)17/h1-11,18,26,30H,12H2,(H,25,29,31)/t18-/m0/s1. The van der Waals surface area contributed by atoms with E-state index in [0.717, 1.165) is 20.9 Å². The quantitative estimate of drug-likeness (QED) is 0.461. The van der Waals surface area contributed by atoms with Crippen LogP contribution in [-0.2, 0) is 0 Å². The van der Waals surface area contributed by atoms with E-state index in [1.54, 1.807) is 18.2 Å². The zero-order chi connectivity index (χ0) is 21.5. The molecule has 1 atom stereocenters. The number of aromatic nitrogens is 2. The van der Waals surface area contributed by atoms with Crippen LogP contribution < -0.4 is 16.7 Å². The van der Waals surface area contributed by atoms with Crippen LogP contribution in [0.5, 0.6) is 5.88 Å². The van der Waals surface area contributed by atoms with Crippen molar-refractivity contribution in [1.82, 2.24) is 15.0 Å². The normalized spacial score (nSPS) is 15.6. The molecule has 154 valence electrons. The Morgan fingerprint density at radius 3 is 2.65 bits per heavy atom. The Hall–Kier alpha value is -3.84. The van der Waals surface area contributed by atoms with E-state index < -0.39 is 17.1 Å². The van der Waals surface area contributed by atoms with Crippen molar-refractivity contribution in [3.63, 3.8) is 0 Å². The molecule has 0 spiro atoms. The summed E-state index contributed by atoms with van der Waals surface area (Å²) < 4.78 is 1.01. The molecule has 1 aromatic heterocycles. The Balaban J connectivity index is 1.57. The van der Waals surface area contributed by atoms with Crippen LogP contribution in [0.4, 0.5) is 0 Å². The van der Waals surface area contributed by atoms with Gasteiger partial charge in [0.2, 0.25) is 5.88 Å². The fourth-order valence-electron chi connectivity index (χ4n) is 3.97. The molecule has 1 aliphatic rings. The smallest absolute Gasteiger partial charge is 0.335 e. The van der Waals surface area contributed by atoms with Gasteiger partial charge in [-0.3, -0.25) is 9.78 Å². The molecule has 0 radical (unpaired) electrons. The fourth-order valence-corrected chi connectivity index (χ4v) is 4.16. The van der Waals surface area contributed by atoms with E-state index in [4.69, 9.17) is 11.6 Å². The van der Waals surface area contributed by atoms with Gasteiger partial charge in [-0.2, -0.15) is 5.10 Å². The van der Waals surface area contributed by atoms with Crippen molar-refractivity contribution < 1.29 is 5.11 Å². The van der Waals surface area contributed by atoms with Gasteiger partial charge < -0.3 is 10.5 Å². The van der Waals surface area contributed by atoms with E-state index >= 15 is 0 Å². The lowest BCUT2D eigenvalue weighted by Gasteiger charge is -2.14. The first-order valence-corrected chi connectivity index (χ1v) is 10.0. The molecule has 0 fully saturated rings. The molecule has 0 saturated heterocycles. The van der Waals surface area contributed by atoms with Gasteiger partial charge in [0.05, 0.1) is 17.4 Å². The van der Waals surface area contributed by atoms with Crippen molar-refractivity contribution in [2.75, 3.05) is 0 Å². The van der Waals surface area contributed by atoms with Crippen LogP contribution in [-0.4, -0.2) is 20.4 Å². The number of halogens is 1. The van der Waals surface area contributed by atoms with Crippen LogP contribution in [0.2, 0.25) is 5.02 Å². The lowest BCUT2D eigenvalue weighted by atomic mass is 9.95. The molecule has 0 amide bonds. The number of benzene rings is 3. The highest BCUT2D eigenvalue weighted by Crippen LogP contribution is 2.31. The number of nitrogens with zero attached hydrogens (tertiary/aromatic N) is 2. The average Bonchev–Trinajstić information content (AvgIpc) is 3.22. The van der Waals surface area contributed by atoms with Gasteiger partial charge in [-0.1, -0.05) is 60.1 Å². The van der Waals surface area contributed by atoms with Crippen molar-refractivity contribution in [2.45, 2.75) is 12.5 Å². The molecule has 7 nitrogen and oxygen atoms in total. The van der Waals surface area contributed by atoms with Crippen LogP contribution in [0, 0.1) is 0 Å². The van der Waals surface area contributed by atoms with E-state index in [0.29, 0.717) is 22.8 Å². The zero-order valence-electron chi connectivity index (χ0n) is 16.2. The van der Waals surface area contributed by atoms with Crippen molar-refractivity contribution in [3.8, 4) is 11.6 Å². The maximum atomic E-state index is 12.6. The number of hydrazone groups is 1. The van der Waals surface area contributed by atoms with Crippen molar-refractivity contribution in [2.24, 2.45) is 5.10 Å². The summed E-state index contributed by atoms with van der Waals surface area (Å²) in [7, 11) is 0. The van der Waals surface area contributed by atoms with Crippen LogP contribution in [0.25, 0.3) is 16.5 Å². The third-order valence-electron chi connectivity index (χ3n) is 5.39. The largest absolute Gasteiger partial charge is 0.493 e. The van der Waals surface area contributed by atoms with Crippen LogP contribution in [0.15, 0.2) is 81.4 Å². The van der Waals surface area contributed by atoms with Crippen LogP contribution in [0.1, 0.15) is 23.6 Å². The number of aromatic amines is 1. The number of aromatic hydroxyl groups is 1. The van der Waals surface area contributed by atoms with E-state index in [-0.39, 0.29) is 11.6 Å². The Labute approximate surface area is 181 Å². The summed E-state index contributed by atoms with van der Waals surface area (Å²) in [5, 5.41) is 17.8. The number of rotatable bonds is 3. The average molecular weight is 433 g/mol. The molecular weight excluding hydrogens is 416 g/mol. The number of hydrogen-bond acceptors (Lipinski definition) is 5. The van der Waals surface area contributed by atoms with Crippen molar-refractivity contribution in [1.29, 1.82) is 0 Å². The monoisotopic (exact) mass is 432 g/mol. The number of nitrogens with one attached hydrogen (secondary N) is 2. The highest BCUT2D eigenvalue weighted by molar-refractivity contribution is 6.30. The maximum absolute atomic E-state index is 12.6. The predicted octanol–water partition coefficient (Wildman–Crippen LogP) is 3.48. The molecule has 0 saturated carbocycles. The molecule has 5 rings (SSSR count). The highest BCUT2D eigenvalue weighted by Gasteiger charge is 2.28. The minimum Gasteiger partial charge on any atom is -0.493 e. The third kappa shape index (κ3) is 3.29. The molecule has 31 heavy (non-hydrogen) atoms. The lowest BCUT2D eigenvalue weighted by Crippen LogP contribution is -2.33. The van der Waals surface area contributed by atoms with Gasteiger partial charge in [0.25, 0.3) is 5.56 Å². The molecule has 3 aromatic carbocycles. The minimum atomic E-state index is -0.759. The number of hydrogen-bond donors (Lipinski definition) is 3. The van der Waals surface area contributed by atoms with Crippen LogP contribution in [0.3, 0.4) is 0 Å². The first-order valence-electron chi connectivity index (χ1n) is 9.67. The third-order valence-corrected chi connectivity index (χ3v) is 5.63. The van der Waals surface area contributed by atoms with Gasteiger partial charge in [0.15, 0.2) is 0 Å². The molecule has 2 heterocycles. The molecule has 8 heteroatoms. The number of H-pyrrole nitrogens is 1.